The highest BCUT2D eigenvalue weighted by Crippen LogP contribution is 2.24. The molecule has 0 unspecified atom stereocenters. The number of rotatable bonds is 4. The van der Waals surface area contributed by atoms with Gasteiger partial charge in [0, 0.05) is 16.4 Å². The molecule has 0 aliphatic heterocycles. The molecule has 2 rings (SSSR count). The molecule has 0 spiro atoms. The van der Waals surface area contributed by atoms with Crippen molar-refractivity contribution < 1.29 is 4.79 Å². The van der Waals surface area contributed by atoms with E-state index in [4.69, 9.17) is 11.6 Å². The van der Waals surface area contributed by atoms with Gasteiger partial charge in [-0.05, 0) is 44.5 Å². The summed E-state index contributed by atoms with van der Waals surface area (Å²) in [6.45, 7) is 5.67. The van der Waals surface area contributed by atoms with Crippen molar-refractivity contribution in [3.8, 4) is 0 Å². The second kappa shape index (κ2) is 6.91. The largest absolute Gasteiger partial charge is 0.325 e. The molecule has 0 radical (unpaired) electrons. The van der Waals surface area contributed by atoms with Crippen LogP contribution in [0.3, 0.4) is 0 Å². The summed E-state index contributed by atoms with van der Waals surface area (Å²) in [5.41, 5.74) is 2.59. The number of carbonyl (C=O) groups is 1. The van der Waals surface area contributed by atoms with Gasteiger partial charge >= 0.3 is 0 Å². The Bertz CT molecular complexity index is 663. The first kappa shape index (κ1) is 15.8. The standard InChI is InChI=1S/C15H16ClN3OS/c1-9-4-5-12(16)7-13(9)19-15(20)11(3)21-14-6-10(2)17-8-18-14/h4-8,11H,1-3H3,(H,19,20)/t11-/m1/s1. The van der Waals surface area contributed by atoms with Gasteiger partial charge in [0.1, 0.15) is 11.4 Å². The molecule has 110 valence electrons. The predicted octanol–water partition coefficient (Wildman–Crippen LogP) is 3.87. The zero-order valence-electron chi connectivity index (χ0n) is 12.1. The zero-order valence-corrected chi connectivity index (χ0v) is 13.6. The maximum atomic E-state index is 12.2. The van der Waals surface area contributed by atoms with E-state index in [1.807, 2.05) is 32.9 Å². The maximum absolute atomic E-state index is 12.2. The van der Waals surface area contributed by atoms with Gasteiger partial charge in [0.2, 0.25) is 5.91 Å². The van der Waals surface area contributed by atoms with E-state index < -0.39 is 0 Å². The number of thioether (sulfide) groups is 1. The molecule has 0 saturated heterocycles. The number of aromatic nitrogens is 2. The van der Waals surface area contributed by atoms with E-state index in [9.17, 15) is 4.79 Å². The third-order valence-corrected chi connectivity index (χ3v) is 4.17. The molecule has 0 aliphatic carbocycles. The van der Waals surface area contributed by atoms with Gasteiger partial charge in [-0.3, -0.25) is 4.79 Å². The first-order valence-corrected chi connectivity index (χ1v) is 7.74. The van der Waals surface area contributed by atoms with E-state index in [-0.39, 0.29) is 11.2 Å². The van der Waals surface area contributed by atoms with E-state index in [1.54, 1.807) is 12.1 Å². The van der Waals surface area contributed by atoms with Crippen molar-refractivity contribution in [3.05, 3.63) is 46.9 Å². The monoisotopic (exact) mass is 321 g/mol. The normalized spacial score (nSPS) is 12.0. The lowest BCUT2D eigenvalue weighted by Crippen LogP contribution is -2.23. The van der Waals surface area contributed by atoms with Crippen molar-refractivity contribution in [2.75, 3.05) is 5.32 Å². The van der Waals surface area contributed by atoms with Crippen LogP contribution in [0.4, 0.5) is 5.69 Å². The molecule has 2 aromatic rings. The van der Waals surface area contributed by atoms with Crippen molar-refractivity contribution >= 4 is 35.0 Å². The molecule has 1 aromatic carbocycles. The number of hydrogen-bond acceptors (Lipinski definition) is 4. The first-order valence-electron chi connectivity index (χ1n) is 6.48. The molecule has 6 heteroatoms. The number of aryl methyl sites for hydroxylation is 2. The Kier molecular flexibility index (Phi) is 5.20. The van der Waals surface area contributed by atoms with Gasteiger partial charge in [-0.25, -0.2) is 9.97 Å². The minimum absolute atomic E-state index is 0.0818. The summed E-state index contributed by atoms with van der Waals surface area (Å²) >= 11 is 7.35. The Labute approximate surface area is 133 Å². The van der Waals surface area contributed by atoms with Crippen LogP contribution in [-0.4, -0.2) is 21.1 Å². The van der Waals surface area contributed by atoms with Crippen LogP contribution >= 0.6 is 23.4 Å². The van der Waals surface area contributed by atoms with Crippen molar-refractivity contribution in [1.82, 2.24) is 9.97 Å². The fourth-order valence-electron chi connectivity index (χ4n) is 1.69. The maximum Gasteiger partial charge on any atom is 0.237 e. The number of amides is 1. The number of hydrogen-bond donors (Lipinski definition) is 1. The number of carbonyl (C=O) groups excluding carboxylic acids is 1. The number of nitrogens with zero attached hydrogens (tertiary/aromatic N) is 2. The molecule has 21 heavy (non-hydrogen) atoms. The lowest BCUT2D eigenvalue weighted by atomic mass is 10.2. The number of anilines is 1. The van der Waals surface area contributed by atoms with Crippen molar-refractivity contribution in [2.45, 2.75) is 31.0 Å². The fraction of sp³-hybridized carbons (Fsp3) is 0.267. The topological polar surface area (TPSA) is 54.9 Å². The number of nitrogens with one attached hydrogen (secondary N) is 1. The Morgan fingerprint density at radius 1 is 1.29 bits per heavy atom. The summed E-state index contributed by atoms with van der Waals surface area (Å²) in [5.74, 6) is -0.0818. The predicted molar refractivity (Wildman–Crippen MR) is 86.9 cm³/mol. The lowest BCUT2D eigenvalue weighted by molar-refractivity contribution is -0.115. The summed E-state index contributed by atoms with van der Waals surface area (Å²) < 4.78 is 0. The summed E-state index contributed by atoms with van der Waals surface area (Å²) in [5, 5.41) is 4.02. The molecule has 1 aromatic heterocycles. The molecule has 0 bridgehead atoms. The summed E-state index contributed by atoms with van der Waals surface area (Å²) in [4.78, 5) is 20.4. The Morgan fingerprint density at radius 2 is 2.05 bits per heavy atom. The van der Waals surface area contributed by atoms with E-state index >= 15 is 0 Å². The van der Waals surface area contributed by atoms with Crippen molar-refractivity contribution in [3.63, 3.8) is 0 Å². The van der Waals surface area contributed by atoms with E-state index in [0.29, 0.717) is 5.02 Å². The lowest BCUT2D eigenvalue weighted by Gasteiger charge is -2.13. The van der Waals surface area contributed by atoms with Gasteiger partial charge in [0.15, 0.2) is 0 Å². The molecule has 0 fully saturated rings. The molecular weight excluding hydrogens is 306 g/mol. The molecule has 1 atom stereocenters. The third-order valence-electron chi connectivity index (χ3n) is 2.90. The van der Waals surface area contributed by atoms with Crippen LogP contribution in [0.25, 0.3) is 0 Å². The fourth-order valence-corrected chi connectivity index (χ4v) is 2.74. The van der Waals surface area contributed by atoms with Crippen LogP contribution in [0.1, 0.15) is 18.2 Å². The quantitative estimate of drug-likeness (QED) is 0.686. The highest BCUT2D eigenvalue weighted by molar-refractivity contribution is 8.00. The average Bonchev–Trinajstić information content (AvgIpc) is 2.43. The van der Waals surface area contributed by atoms with E-state index in [2.05, 4.69) is 15.3 Å². The van der Waals surface area contributed by atoms with Crippen molar-refractivity contribution in [1.29, 1.82) is 0 Å². The Balaban J connectivity index is 2.04. The van der Waals surface area contributed by atoms with Crippen LogP contribution in [0.2, 0.25) is 5.02 Å². The second-order valence-corrected chi connectivity index (χ2v) is 6.50. The molecular formula is C15H16ClN3OS. The highest BCUT2D eigenvalue weighted by atomic mass is 35.5. The highest BCUT2D eigenvalue weighted by Gasteiger charge is 2.16. The van der Waals surface area contributed by atoms with Crippen LogP contribution in [0.15, 0.2) is 35.6 Å². The average molecular weight is 322 g/mol. The summed E-state index contributed by atoms with van der Waals surface area (Å²) in [6, 6.07) is 7.29. The van der Waals surface area contributed by atoms with Gasteiger partial charge in [0.05, 0.1) is 5.25 Å². The van der Waals surface area contributed by atoms with Gasteiger partial charge in [-0.15, -0.1) is 0 Å². The SMILES string of the molecule is Cc1cc(S[C@H](C)C(=O)Nc2cc(Cl)ccc2C)ncn1. The molecule has 0 aliphatic rings. The third kappa shape index (κ3) is 4.44. The van der Waals surface area contributed by atoms with Crippen LogP contribution in [0.5, 0.6) is 0 Å². The summed E-state index contributed by atoms with van der Waals surface area (Å²) in [7, 11) is 0. The second-order valence-electron chi connectivity index (χ2n) is 4.71. The van der Waals surface area contributed by atoms with Gasteiger partial charge in [-0.1, -0.05) is 29.4 Å². The molecule has 1 N–H and O–H groups in total. The van der Waals surface area contributed by atoms with E-state index in [1.165, 1.54) is 18.1 Å². The van der Waals surface area contributed by atoms with Crippen molar-refractivity contribution in [2.24, 2.45) is 0 Å². The number of benzene rings is 1. The minimum Gasteiger partial charge on any atom is -0.325 e. The Morgan fingerprint density at radius 3 is 2.76 bits per heavy atom. The molecule has 1 heterocycles. The van der Waals surface area contributed by atoms with Gasteiger partial charge in [-0.2, -0.15) is 0 Å². The van der Waals surface area contributed by atoms with Crippen LogP contribution < -0.4 is 5.32 Å². The molecule has 1 amide bonds. The van der Waals surface area contributed by atoms with Crippen LogP contribution in [0, 0.1) is 13.8 Å². The zero-order chi connectivity index (χ0) is 15.4. The number of halogens is 1. The molecule has 0 saturated carbocycles. The van der Waals surface area contributed by atoms with Crippen LogP contribution in [-0.2, 0) is 4.79 Å². The van der Waals surface area contributed by atoms with Gasteiger partial charge < -0.3 is 5.32 Å². The van der Waals surface area contributed by atoms with E-state index in [0.717, 1.165) is 22.0 Å². The Hall–Kier alpha value is -1.59. The smallest absolute Gasteiger partial charge is 0.237 e. The first-order chi connectivity index (χ1) is 9.95. The molecule has 4 nitrogen and oxygen atoms in total. The summed E-state index contributed by atoms with van der Waals surface area (Å²) in [6.07, 6.45) is 1.50. The minimum atomic E-state index is -0.266. The van der Waals surface area contributed by atoms with Gasteiger partial charge in [0.25, 0.3) is 0 Å².